The van der Waals surface area contributed by atoms with Gasteiger partial charge in [0.25, 0.3) is 5.56 Å². The van der Waals surface area contributed by atoms with Gasteiger partial charge in [-0.05, 0) is 61.5 Å². The third kappa shape index (κ3) is 3.80. The van der Waals surface area contributed by atoms with E-state index >= 15 is 0 Å². The highest BCUT2D eigenvalue weighted by Gasteiger charge is 2.22. The van der Waals surface area contributed by atoms with Crippen molar-refractivity contribution < 1.29 is 4.79 Å². The van der Waals surface area contributed by atoms with Gasteiger partial charge in [0.05, 0.1) is 6.54 Å². The first-order valence-corrected chi connectivity index (χ1v) is 9.28. The number of hydrogen-bond donors (Lipinski definition) is 1. The first-order chi connectivity index (χ1) is 12.8. The maximum absolute atomic E-state index is 13.0. The number of carbonyl (C=O) groups is 1. The van der Waals surface area contributed by atoms with E-state index in [2.05, 4.69) is 4.98 Å². The molecule has 0 atom stereocenters. The minimum Gasteiger partial charge on any atom is -0.322 e. The first kappa shape index (κ1) is 18.9. The van der Waals surface area contributed by atoms with Gasteiger partial charge in [-0.15, -0.1) is 0 Å². The number of benzene rings is 2. The smallest absolute Gasteiger partial charge is 0.253 e. The molecule has 0 aliphatic carbocycles. The molecule has 1 heterocycles. The number of hydrogen-bond acceptors (Lipinski definition) is 2. The molecule has 0 radical (unpaired) electrons. The van der Waals surface area contributed by atoms with E-state index in [1.54, 1.807) is 4.90 Å². The van der Waals surface area contributed by atoms with Crippen molar-refractivity contribution in [1.29, 1.82) is 0 Å². The average Bonchev–Trinajstić information content (AvgIpc) is 2.62. The van der Waals surface area contributed by atoms with Crippen molar-refractivity contribution >= 4 is 22.5 Å². The summed E-state index contributed by atoms with van der Waals surface area (Å²) in [6, 6.07) is 13.8. The fourth-order valence-electron chi connectivity index (χ4n) is 3.28. The van der Waals surface area contributed by atoms with Crippen molar-refractivity contribution in [2.45, 2.75) is 41.2 Å². The van der Waals surface area contributed by atoms with Crippen molar-refractivity contribution in [3.8, 4) is 0 Å². The van der Waals surface area contributed by atoms with Crippen LogP contribution in [0.1, 0.15) is 36.1 Å². The van der Waals surface area contributed by atoms with Crippen LogP contribution in [-0.4, -0.2) is 10.9 Å². The van der Waals surface area contributed by atoms with Crippen LogP contribution in [0.4, 0.5) is 5.69 Å². The Hall–Kier alpha value is -2.88. The third-order valence-electron chi connectivity index (χ3n) is 5.03. The predicted octanol–water partition coefficient (Wildman–Crippen LogP) is 4.64. The summed E-state index contributed by atoms with van der Waals surface area (Å²) in [6.07, 6.45) is 0. The minimum absolute atomic E-state index is 0.00689. The Kier molecular flexibility index (Phi) is 5.17. The lowest BCUT2D eigenvalue weighted by atomic mass is 10.0. The van der Waals surface area contributed by atoms with Crippen molar-refractivity contribution in [3.05, 3.63) is 75.1 Å². The number of rotatable bonds is 4. The molecule has 4 nitrogen and oxygen atoms in total. The largest absolute Gasteiger partial charge is 0.322 e. The second-order valence-electron chi connectivity index (χ2n) is 7.51. The Morgan fingerprint density at radius 1 is 1.07 bits per heavy atom. The number of aromatic amines is 1. The number of nitrogens with zero attached hydrogens (tertiary/aromatic N) is 1. The van der Waals surface area contributed by atoms with E-state index in [4.69, 9.17) is 0 Å². The van der Waals surface area contributed by atoms with Crippen molar-refractivity contribution in [2.24, 2.45) is 5.92 Å². The molecule has 3 rings (SSSR count). The summed E-state index contributed by atoms with van der Waals surface area (Å²) >= 11 is 0. The molecule has 0 unspecified atom stereocenters. The number of fused-ring (bicyclic) bond motifs is 1. The second-order valence-corrected chi connectivity index (χ2v) is 7.51. The van der Waals surface area contributed by atoms with Gasteiger partial charge in [0.2, 0.25) is 5.91 Å². The van der Waals surface area contributed by atoms with E-state index in [-0.39, 0.29) is 23.9 Å². The van der Waals surface area contributed by atoms with Crippen LogP contribution < -0.4 is 10.5 Å². The van der Waals surface area contributed by atoms with Gasteiger partial charge in [-0.3, -0.25) is 9.59 Å². The molecule has 2 aromatic carbocycles. The fourth-order valence-corrected chi connectivity index (χ4v) is 3.28. The van der Waals surface area contributed by atoms with Gasteiger partial charge in [-0.25, -0.2) is 0 Å². The van der Waals surface area contributed by atoms with E-state index in [1.807, 2.05) is 77.1 Å². The van der Waals surface area contributed by atoms with Crippen molar-refractivity contribution in [3.63, 3.8) is 0 Å². The highest BCUT2D eigenvalue weighted by Crippen LogP contribution is 2.26. The summed E-state index contributed by atoms with van der Waals surface area (Å²) in [7, 11) is 0. The van der Waals surface area contributed by atoms with Crippen LogP contribution in [0.3, 0.4) is 0 Å². The molecular weight excluding hydrogens is 336 g/mol. The highest BCUT2D eigenvalue weighted by atomic mass is 16.2. The molecule has 0 fully saturated rings. The number of anilines is 1. The maximum atomic E-state index is 13.0. The quantitative estimate of drug-likeness (QED) is 0.735. The molecule has 0 saturated carbocycles. The third-order valence-corrected chi connectivity index (χ3v) is 5.03. The lowest BCUT2D eigenvalue weighted by molar-refractivity contribution is -0.121. The molecule has 27 heavy (non-hydrogen) atoms. The summed E-state index contributed by atoms with van der Waals surface area (Å²) in [6.45, 7) is 10.1. The number of H-pyrrole nitrogens is 1. The highest BCUT2D eigenvalue weighted by molar-refractivity contribution is 5.95. The fraction of sp³-hybridized carbons (Fsp3) is 0.304. The Bertz CT molecular complexity index is 1060. The molecule has 4 heteroatoms. The normalized spacial score (nSPS) is 11.2. The summed E-state index contributed by atoms with van der Waals surface area (Å²) in [5.41, 5.74) is 5.41. The number of aryl methyl sites for hydroxylation is 2. The van der Waals surface area contributed by atoms with Crippen LogP contribution in [0.25, 0.3) is 10.9 Å². The second kappa shape index (κ2) is 7.39. The molecule has 0 bridgehead atoms. The van der Waals surface area contributed by atoms with Crippen molar-refractivity contribution in [1.82, 2.24) is 4.98 Å². The molecule has 1 N–H and O–H groups in total. The monoisotopic (exact) mass is 362 g/mol. The van der Waals surface area contributed by atoms with Gasteiger partial charge in [0, 0.05) is 22.7 Å². The minimum atomic E-state index is -0.160. The van der Waals surface area contributed by atoms with Crippen LogP contribution in [-0.2, 0) is 11.3 Å². The first-order valence-electron chi connectivity index (χ1n) is 9.28. The molecular formula is C23H26N2O2. The van der Waals surface area contributed by atoms with Crippen LogP contribution >= 0.6 is 0 Å². The number of pyridine rings is 1. The summed E-state index contributed by atoms with van der Waals surface area (Å²) in [5.74, 6) is -0.154. The van der Waals surface area contributed by atoms with Gasteiger partial charge in [-0.1, -0.05) is 37.6 Å². The standard InChI is InChI=1S/C23H26N2O2/c1-14(2)23(27)25(21-8-6-7-16(4)17(21)5)13-19-12-18-11-15(3)9-10-20(18)24-22(19)26/h6-12,14H,13H2,1-5H3,(H,24,26). The zero-order valence-corrected chi connectivity index (χ0v) is 16.6. The number of amides is 1. The van der Waals surface area contributed by atoms with Gasteiger partial charge in [-0.2, -0.15) is 0 Å². The van der Waals surface area contributed by atoms with Crippen LogP contribution in [0.2, 0.25) is 0 Å². The summed E-state index contributed by atoms with van der Waals surface area (Å²) in [5, 5.41) is 0.975. The topological polar surface area (TPSA) is 53.2 Å². The van der Waals surface area contributed by atoms with E-state index in [0.29, 0.717) is 5.56 Å². The lowest BCUT2D eigenvalue weighted by Crippen LogP contribution is -2.36. The van der Waals surface area contributed by atoms with Gasteiger partial charge < -0.3 is 9.88 Å². The van der Waals surface area contributed by atoms with Gasteiger partial charge >= 0.3 is 0 Å². The molecule has 140 valence electrons. The zero-order chi connectivity index (χ0) is 19.7. The Labute approximate surface area is 159 Å². The average molecular weight is 362 g/mol. The van der Waals surface area contributed by atoms with E-state index in [9.17, 15) is 9.59 Å². The lowest BCUT2D eigenvalue weighted by Gasteiger charge is -2.27. The van der Waals surface area contributed by atoms with Crippen molar-refractivity contribution in [2.75, 3.05) is 4.90 Å². The molecule has 3 aromatic rings. The zero-order valence-electron chi connectivity index (χ0n) is 16.6. The van der Waals surface area contributed by atoms with E-state index < -0.39 is 0 Å². The molecule has 1 amide bonds. The molecule has 0 saturated heterocycles. The van der Waals surface area contributed by atoms with Gasteiger partial charge in [0.1, 0.15) is 0 Å². The number of carbonyl (C=O) groups excluding carboxylic acids is 1. The summed E-state index contributed by atoms with van der Waals surface area (Å²) < 4.78 is 0. The number of aromatic nitrogens is 1. The maximum Gasteiger partial charge on any atom is 0.253 e. The molecule has 0 aliphatic heterocycles. The Balaban J connectivity index is 2.11. The Morgan fingerprint density at radius 3 is 2.52 bits per heavy atom. The van der Waals surface area contributed by atoms with E-state index in [1.165, 1.54) is 0 Å². The molecule has 0 spiro atoms. The van der Waals surface area contributed by atoms with E-state index in [0.717, 1.165) is 33.3 Å². The Morgan fingerprint density at radius 2 is 1.81 bits per heavy atom. The SMILES string of the molecule is Cc1ccc2[nH]c(=O)c(CN(C(=O)C(C)C)c3cccc(C)c3C)cc2c1. The molecule has 0 aliphatic rings. The van der Waals surface area contributed by atoms with Crippen LogP contribution in [0.5, 0.6) is 0 Å². The predicted molar refractivity (Wildman–Crippen MR) is 111 cm³/mol. The van der Waals surface area contributed by atoms with Gasteiger partial charge in [0.15, 0.2) is 0 Å². The summed E-state index contributed by atoms with van der Waals surface area (Å²) in [4.78, 5) is 30.3. The number of nitrogens with one attached hydrogen (secondary N) is 1. The molecule has 1 aromatic heterocycles. The van der Waals surface area contributed by atoms with Crippen LogP contribution in [0.15, 0.2) is 47.3 Å². The van der Waals surface area contributed by atoms with Crippen LogP contribution in [0, 0.1) is 26.7 Å².